The highest BCUT2D eigenvalue weighted by atomic mass is 35.5. The number of hydrogen-bond acceptors (Lipinski definition) is 4. The summed E-state index contributed by atoms with van der Waals surface area (Å²) in [4.78, 5) is 0.0983. The molecule has 0 amide bonds. The lowest BCUT2D eigenvalue weighted by atomic mass is 10.2. The van der Waals surface area contributed by atoms with Crippen molar-refractivity contribution in [3.05, 3.63) is 28.8 Å². The maximum atomic E-state index is 12.7. The number of rotatable bonds is 6. The van der Waals surface area contributed by atoms with E-state index in [1.807, 2.05) is 6.92 Å². The van der Waals surface area contributed by atoms with Gasteiger partial charge in [-0.3, -0.25) is 0 Å². The fourth-order valence-electron chi connectivity index (χ4n) is 2.53. The van der Waals surface area contributed by atoms with E-state index in [0.717, 1.165) is 24.9 Å². The van der Waals surface area contributed by atoms with Crippen LogP contribution in [-0.2, 0) is 10.0 Å². The van der Waals surface area contributed by atoms with Crippen molar-refractivity contribution in [1.82, 2.24) is 9.62 Å². The molecule has 5 nitrogen and oxygen atoms in total. The minimum Gasteiger partial charge on any atom is -0.395 e. The Kier molecular flexibility index (Phi) is 5.62. The summed E-state index contributed by atoms with van der Waals surface area (Å²) in [7, 11) is -3.70. The van der Waals surface area contributed by atoms with Gasteiger partial charge < -0.3 is 10.4 Å². The number of halogens is 1. The van der Waals surface area contributed by atoms with Crippen molar-refractivity contribution in [2.24, 2.45) is 0 Å². The van der Waals surface area contributed by atoms with Gasteiger partial charge in [-0.15, -0.1) is 0 Å². The van der Waals surface area contributed by atoms with E-state index in [-0.39, 0.29) is 29.1 Å². The molecule has 0 aromatic heterocycles. The van der Waals surface area contributed by atoms with Gasteiger partial charge in [-0.25, -0.2) is 8.42 Å². The van der Waals surface area contributed by atoms with Crippen LogP contribution in [0.3, 0.4) is 0 Å². The zero-order chi connectivity index (χ0) is 15.5. The number of nitrogens with zero attached hydrogens (tertiary/aromatic N) is 1. The number of nitrogens with one attached hydrogen (secondary N) is 1. The second-order valence-electron chi connectivity index (χ2n) is 5.31. The molecular formula is C14H21ClN2O3S. The Balaban J connectivity index is 2.27. The second-order valence-corrected chi connectivity index (χ2v) is 7.63. The van der Waals surface area contributed by atoms with Crippen LogP contribution < -0.4 is 5.32 Å². The summed E-state index contributed by atoms with van der Waals surface area (Å²) in [5.41, 5.74) is 0.908. The van der Waals surface area contributed by atoms with Crippen molar-refractivity contribution in [3.8, 4) is 0 Å². The van der Waals surface area contributed by atoms with Crippen LogP contribution in [0, 0.1) is 6.92 Å². The van der Waals surface area contributed by atoms with E-state index >= 15 is 0 Å². The van der Waals surface area contributed by atoms with Crippen LogP contribution in [0.1, 0.15) is 18.4 Å². The summed E-state index contributed by atoms with van der Waals surface area (Å²) < 4.78 is 26.8. The largest absolute Gasteiger partial charge is 0.395 e. The zero-order valence-corrected chi connectivity index (χ0v) is 13.6. The van der Waals surface area contributed by atoms with E-state index in [1.165, 1.54) is 10.4 Å². The van der Waals surface area contributed by atoms with Gasteiger partial charge in [0, 0.05) is 19.1 Å². The van der Waals surface area contributed by atoms with Gasteiger partial charge in [0.15, 0.2) is 0 Å². The summed E-state index contributed by atoms with van der Waals surface area (Å²) in [6, 6.07) is 5.03. The molecule has 1 fully saturated rings. The van der Waals surface area contributed by atoms with Gasteiger partial charge in [-0.05, 0) is 44.0 Å². The molecule has 1 aliphatic rings. The molecule has 7 heteroatoms. The lowest BCUT2D eigenvalue weighted by Gasteiger charge is -2.25. The van der Waals surface area contributed by atoms with Gasteiger partial charge in [0.2, 0.25) is 10.0 Å². The monoisotopic (exact) mass is 332 g/mol. The predicted octanol–water partition coefficient (Wildman–Crippen LogP) is 1.38. The number of hydrogen-bond donors (Lipinski definition) is 2. The lowest BCUT2D eigenvalue weighted by Crippen LogP contribution is -2.42. The van der Waals surface area contributed by atoms with Crippen LogP contribution in [0.2, 0.25) is 5.02 Å². The number of aliphatic hydroxyl groups is 1. The Morgan fingerprint density at radius 3 is 2.81 bits per heavy atom. The predicted molar refractivity (Wildman–Crippen MR) is 83.1 cm³/mol. The minimum absolute atomic E-state index is 0.0741. The molecule has 2 rings (SSSR count). The molecule has 1 aromatic rings. The van der Waals surface area contributed by atoms with Crippen LogP contribution in [0.15, 0.2) is 23.1 Å². The molecule has 0 radical (unpaired) electrons. The molecule has 1 aromatic carbocycles. The first-order valence-corrected chi connectivity index (χ1v) is 8.87. The first kappa shape index (κ1) is 16.7. The van der Waals surface area contributed by atoms with Crippen molar-refractivity contribution >= 4 is 21.6 Å². The maximum absolute atomic E-state index is 12.7. The number of sulfonamides is 1. The average molecular weight is 333 g/mol. The topological polar surface area (TPSA) is 69.6 Å². The SMILES string of the molecule is Cc1ccc(S(=O)(=O)N(CCO)CC2CCCN2)c(Cl)c1. The standard InChI is InChI=1S/C14H21ClN2O3S/c1-11-4-5-14(13(15)9-11)21(19,20)17(7-8-18)10-12-3-2-6-16-12/h4-5,9,12,16,18H,2-3,6-8,10H2,1H3. The Labute approximate surface area is 131 Å². The average Bonchev–Trinajstić information content (AvgIpc) is 2.90. The summed E-state index contributed by atoms with van der Waals surface area (Å²) in [5.74, 6) is 0. The first-order chi connectivity index (χ1) is 9.95. The van der Waals surface area contributed by atoms with E-state index in [0.29, 0.717) is 6.54 Å². The summed E-state index contributed by atoms with van der Waals surface area (Å²) in [6.07, 6.45) is 1.99. The highest BCUT2D eigenvalue weighted by Gasteiger charge is 2.29. The van der Waals surface area contributed by atoms with Crippen LogP contribution in [0.5, 0.6) is 0 Å². The highest BCUT2D eigenvalue weighted by molar-refractivity contribution is 7.89. The van der Waals surface area contributed by atoms with Crippen molar-refractivity contribution in [2.75, 3.05) is 26.2 Å². The number of aryl methyl sites for hydroxylation is 1. The van der Waals surface area contributed by atoms with Crippen molar-refractivity contribution in [2.45, 2.75) is 30.7 Å². The van der Waals surface area contributed by atoms with Gasteiger partial charge in [0.25, 0.3) is 0 Å². The van der Waals surface area contributed by atoms with E-state index < -0.39 is 10.0 Å². The molecule has 21 heavy (non-hydrogen) atoms. The zero-order valence-electron chi connectivity index (χ0n) is 12.0. The lowest BCUT2D eigenvalue weighted by molar-refractivity contribution is 0.246. The smallest absolute Gasteiger partial charge is 0.244 e. The van der Waals surface area contributed by atoms with Crippen LogP contribution in [-0.4, -0.2) is 50.1 Å². The van der Waals surface area contributed by atoms with E-state index in [9.17, 15) is 13.5 Å². The molecule has 0 aliphatic carbocycles. The molecule has 1 unspecified atom stereocenters. The van der Waals surface area contributed by atoms with E-state index in [1.54, 1.807) is 12.1 Å². The third-order valence-electron chi connectivity index (χ3n) is 3.64. The van der Waals surface area contributed by atoms with Gasteiger partial charge in [-0.2, -0.15) is 4.31 Å². The Bertz CT molecular complexity index is 586. The van der Waals surface area contributed by atoms with Crippen molar-refractivity contribution < 1.29 is 13.5 Å². The molecule has 1 atom stereocenters. The fraction of sp³-hybridized carbons (Fsp3) is 0.571. The maximum Gasteiger partial charge on any atom is 0.244 e. The molecular weight excluding hydrogens is 312 g/mol. The Morgan fingerprint density at radius 2 is 2.24 bits per heavy atom. The first-order valence-electron chi connectivity index (χ1n) is 7.05. The summed E-state index contributed by atoms with van der Waals surface area (Å²) >= 11 is 6.09. The highest BCUT2D eigenvalue weighted by Crippen LogP contribution is 2.26. The van der Waals surface area contributed by atoms with Crippen LogP contribution >= 0.6 is 11.6 Å². The summed E-state index contributed by atoms with van der Waals surface area (Å²) in [6.45, 7) is 2.98. The molecule has 1 aliphatic heterocycles. The summed E-state index contributed by atoms with van der Waals surface area (Å²) in [5, 5.41) is 12.7. The van der Waals surface area contributed by atoms with Gasteiger partial charge >= 0.3 is 0 Å². The second kappa shape index (κ2) is 7.07. The molecule has 0 spiro atoms. The van der Waals surface area contributed by atoms with Gasteiger partial charge in [0.05, 0.1) is 11.6 Å². The van der Waals surface area contributed by atoms with E-state index in [2.05, 4.69) is 5.32 Å². The fourth-order valence-corrected chi connectivity index (χ4v) is 4.58. The Morgan fingerprint density at radius 1 is 1.48 bits per heavy atom. The quantitative estimate of drug-likeness (QED) is 0.826. The van der Waals surface area contributed by atoms with Crippen LogP contribution in [0.4, 0.5) is 0 Å². The molecule has 0 bridgehead atoms. The normalized spacial score (nSPS) is 19.3. The Hall–Kier alpha value is -0.660. The minimum atomic E-state index is -3.70. The number of benzene rings is 1. The molecule has 0 saturated carbocycles. The van der Waals surface area contributed by atoms with Crippen molar-refractivity contribution in [1.29, 1.82) is 0 Å². The van der Waals surface area contributed by atoms with Crippen LogP contribution in [0.25, 0.3) is 0 Å². The number of aliphatic hydroxyl groups excluding tert-OH is 1. The third-order valence-corrected chi connectivity index (χ3v) is 5.99. The third kappa shape index (κ3) is 3.96. The van der Waals surface area contributed by atoms with E-state index in [4.69, 9.17) is 11.6 Å². The molecule has 1 heterocycles. The van der Waals surface area contributed by atoms with Crippen molar-refractivity contribution in [3.63, 3.8) is 0 Å². The van der Waals surface area contributed by atoms with Gasteiger partial charge in [0.1, 0.15) is 4.90 Å². The van der Waals surface area contributed by atoms with Gasteiger partial charge in [-0.1, -0.05) is 17.7 Å². The molecule has 118 valence electrons. The molecule has 1 saturated heterocycles. The molecule has 2 N–H and O–H groups in total.